The number of hydrogen-bond donors (Lipinski definition) is 1. The molecule has 1 N–H and O–H groups in total. The second-order valence-corrected chi connectivity index (χ2v) is 9.58. The monoisotopic (exact) mass is 491 g/mol. The first-order chi connectivity index (χ1) is 17.5. The molecule has 5 rings (SSSR count). The molecule has 0 spiro atoms. The number of piperazine rings is 1. The van der Waals surface area contributed by atoms with Crippen molar-refractivity contribution in [2.75, 3.05) is 57.9 Å². The summed E-state index contributed by atoms with van der Waals surface area (Å²) in [4.78, 5) is 45.8. The molecule has 3 saturated heterocycles. The van der Waals surface area contributed by atoms with Crippen LogP contribution in [0.2, 0.25) is 0 Å². The molecular formula is C27H33N5O4. The van der Waals surface area contributed by atoms with Crippen molar-refractivity contribution in [2.24, 2.45) is 11.8 Å². The number of carbonyl (C=O) groups is 3. The van der Waals surface area contributed by atoms with Crippen molar-refractivity contribution in [1.29, 1.82) is 0 Å². The molecule has 2 aromatic carbocycles. The van der Waals surface area contributed by atoms with Crippen molar-refractivity contribution in [3.63, 3.8) is 0 Å². The predicted octanol–water partition coefficient (Wildman–Crippen LogP) is 1.47. The standard InChI is InChI=1S/C27H33N5O4/c1-3-29-17-22(24-23(18-29)27(35)32(28-24)20-7-5-4-6-8-20)26(34)31-15-13-30(14-16-31)25(33)19-9-11-21(36-2)12-10-19/h4-12,22-24,28H,3,13-18H2,1-2H3. The van der Waals surface area contributed by atoms with Crippen LogP contribution < -0.4 is 15.2 Å². The Morgan fingerprint density at radius 3 is 2.25 bits per heavy atom. The van der Waals surface area contributed by atoms with Crippen molar-refractivity contribution in [1.82, 2.24) is 20.1 Å². The third-order valence-electron chi connectivity index (χ3n) is 7.59. The van der Waals surface area contributed by atoms with Crippen LogP contribution in [-0.4, -0.2) is 91.4 Å². The van der Waals surface area contributed by atoms with Crippen molar-refractivity contribution < 1.29 is 19.1 Å². The fraction of sp³-hybridized carbons (Fsp3) is 0.444. The van der Waals surface area contributed by atoms with Gasteiger partial charge in [0.05, 0.1) is 30.7 Å². The van der Waals surface area contributed by atoms with Gasteiger partial charge in [-0.25, -0.2) is 10.4 Å². The summed E-state index contributed by atoms with van der Waals surface area (Å²) in [5, 5.41) is 1.61. The Hall–Kier alpha value is -3.43. The number of hydrazine groups is 1. The number of para-hydroxylation sites is 1. The molecule has 3 aliphatic heterocycles. The van der Waals surface area contributed by atoms with Gasteiger partial charge in [-0.2, -0.15) is 0 Å². The summed E-state index contributed by atoms with van der Waals surface area (Å²) in [7, 11) is 1.59. The summed E-state index contributed by atoms with van der Waals surface area (Å²) in [5.41, 5.74) is 4.77. The number of nitrogens with zero attached hydrogens (tertiary/aromatic N) is 4. The molecule has 0 aromatic heterocycles. The first kappa shape index (κ1) is 24.3. The zero-order valence-electron chi connectivity index (χ0n) is 20.8. The van der Waals surface area contributed by atoms with Gasteiger partial charge in [0.25, 0.3) is 5.91 Å². The van der Waals surface area contributed by atoms with Gasteiger partial charge in [-0.05, 0) is 42.9 Å². The number of piperidine rings is 1. The Bertz CT molecular complexity index is 1100. The van der Waals surface area contributed by atoms with E-state index in [4.69, 9.17) is 4.74 Å². The molecule has 3 unspecified atom stereocenters. The van der Waals surface area contributed by atoms with Gasteiger partial charge in [0.1, 0.15) is 5.75 Å². The molecule has 9 heteroatoms. The Morgan fingerprint density at radius 2 is 1.61 bits per heavy atom. The average Bonchev–Trinajstić information content (AvgIpc) is 3.28. The average molecular weight is 492 g/mol. The minimum Gasteiger partial charge on any atom is -0.497 e. The lowest BCUT2D eigenvalue weighted by Crippen LogP contribution is -2.60. The van der Waals surface area contributed by atoms with Gasteiger partial charge in [0.15, 0.2) is 0 Å². The molecule has 3 aliphatic rings. The van der Waals surface area contributed by atoms with Crippen molar-refractivity contribution in [2.45, 2.75) is 13.0 Å². The smallest absolute Gasteiger partial charge is 0.253 e. The maximum absolute atomic E-state index is 13.7. The summed E-state index contributed by atoms with van der Waals surface area (Å²) in [5.74, 6) is 0.128. The molecule has 190 valence electrons. The summed E-state index contributed by atoms with van der Waals surface area (Å²) < 4.78 is 5.17. The van der Waals surface area contributed by atoms with Crippen LogP contribution in [0, 0.1) is 11.8 Å². The van der Waals surface area contributed by atoms with Crippen molar-refractivity contribution in [3.8, 4) is 5.75 Å². The molecule has 0 aliphatic carbocycles. The zero-order chi connectivity index (χ0) is 25.2. The van der Waals surface area contributed by atoms with Gasteiger partial charge < -0.3 is 19.4 Å². The van der Waals surface area contributed by atoms with Gasteiger partial charge in [-0.3, -0.25) is 14.4 Å². The first-order valence-electron chi connectivity index (χ1n) is 12.6. The Labute approximate surface area is 211 Å². The second-order valence-electron chi connectivity index (χ2n) is 9.58. The summed E-state index contributed by atoms with van der Waals surface area (Å²) in [6, 6.07) is 16.4. The Morgan fingerprint density at radius 1 is 0.944 bits per heavy atom. The van der Waals surface area contributed by atoms with E-state index < -0.39 is 0 Å². The number of carbonyl (C=O) groups excluding carboxylic acids is 3. The molecule has 9 nitrogen and oxygen atoms in total. The summed E-state index contributed by atoms with van der Waals surface area (Å²) in [6.07, 6.45) is 0. The van der Waals surface area contributed by atoms with E-state index in [1.807, 2.05) is 35.2 Å². The number of hydrogen-bond acceptors (Lipinski definition) is 6. The zero-order valence-corrected chi connectivity index (χ0v) is 20.8. The summed E-state index contributed by atoms with van der Waals surface area (Å²) >= 11 is 0. The number of likely N-dealkylation sites (tertiary alicyclic amines) is 1. The lowest BCUT2D eigenvalue weighted by Gasteiger charge is -2.42. The number of benzene rings is 2. The second kappa shape index (κ2) is 10.3. The van der Waals surface area contributed by atoms with Crippen LogP contribution in [0.3, 0.4) is 0 Å². The van der Waals surface area contributed by atoms with Gasteiger partial charge >= 0.3 is 0 Å². The Kier molecular flexibility index (Phi) is 6.93. The van der Waals surface area contributed by atoms with Crippen molar-refractivity contribution >= 4 is 23.4 Å². The fourth-order valence-corrected chi connectivity index (χ4v) is 5.48. The van der Waals surface area contributed by atoms with Gasteiger partial charge in [-0.15, -0.1) is 0 Å². The molecule has 3 amide bonds. The molecule has 3 atom stereocenters. The molecule has 0 saturated carbocycles. The normalized spacial score (nSPS) is 24.6. The molecule has 36 heavy (non-hydrogen) atoms. The SMILES string of the molecule is CCN1CC(C(=O)N2CCN(C(=O)c3ccc(OC)cc3)CC2)C2NN(c3ccccc3)C(=O)C2C1. The van der Waals surface area contributed by atoms with E-state index in [1.165, 1.54) is 0 Å². The number of anilines is 1. The largest absolute Gasteiger partial charge is 0.497 e. The highest BCUT2D eigenvalue weighted by Gasteiger charge is 2.51. The molecule has 2 aromatic rings. The lowest BCUT2D eigenvalue weighted by atomic mass is 9.83. The molecular weight excluding hydrogens is 458 g/mol. The van der Waals surface area contributed by atoms with E-state index in [1.54, 1.807) is 41.3 Å². The van der Waals surface area contributed by atoms with Gasteiger partial charge in [-0.1, -0.05) is 25.1 Å². The van der Waals surface area contributed by atoms with Gasteiger partial charge in [0, 0.05) is 44.8 Å². The van der Waals surface area contributed by atoms with Crippen LogP contribution in [0.1, 0.15) is 17.3 Å². The number of methoxy groups -OCH3 is 1. The van der Waals surface area contributed by atoms with Gasteiger partial charge in [0.2, 0.25) is 11.8 Å². The minimum atomic E-state index is -0.329. The number of fused-ring (bicyclic) bond motifs is 1. The van der Waals surface area contributed by atoms with Crippen LogP contribution >= 0.6 is 0 Å². The quantitative estimate of drug-likeness (QED) is 0.682. The molecule has 0 radical (unpaired) electrons. The predicted molar refractivity (Wildman–Crippen MR) is 135 cm³/mol. The van der Waals surface area contributed by atoms with E-state index in [9.17, 15) is 14.4 Å². The lowest BCUT2D eigenvalue weighted by molar-refractivity contribution is -0.141. The van der Waals surface area contributed by atoms with Crippen LogP contribution in [-0.2, 0) is 9.59 Å². The molecule has 3 heterocycles. The number of ether oxygens (including phenoxy) is 1. The van der Waals surface area contributed by atoms with E-state index in [0.29, 0.717) is 50.6 Å². The Balaban J connectivity index is 1.26. The maximum atomic E-state index is 13.7. The molecule has 3 fully saturated rings. The highest BCUT2D eigenvalue weighted by Crippen LogP contribution is 2.32. The highest BCUT2D eigenvalue weighted by molar-refractivity contribution is 5.98. The molecule has 0 bridgehead atoms. The van der Waals surface area contributed by atoms with Crippen LogP contribution in [0.25, 0.3) is 0 Å². The van der Waals surface area contributed by atoms with Crippen LogP contribution in [0.5, 0.6) is 5.75 Å². The van der Waals surface area contributed by atoms with Crippen LogP contribution in [0.15, 0.2) is 54.6 Å². The number of rotatable bonds is 5. The van der Waals surface area contributed by atoms with E-state index in [-0.39, 0.29) is 35.6 Å². The first-order valence-corrected chi connectivity index (χ1v) is 12.6. The van der Waals surface area contributed by atoms with Crippen molar-refractivity contribution in [3.05, 3.63) is 60.2 Å². The summed E-state index contributed by atoms with van der Waals surface area (Å²) in [6.45, 7) is 6.04. The maximum Gasteiger partial charge on any atom is 0.253 e. The minimum absolute atomic E-state index is 0.0112. The number of nitrogens with one attached hydrogen (secondary N) is 1. The highest BCUT2D eigenvalue weighted by atomic mass is 16.5. The van der Waals surface area contributed by atoms with E-state index in [0.717, 1.165) is 12.2 Å². The van der Waals surface area contributed by atoms with E-state index >= 15 is 0 Å². The third kappa shape index (κ3) is 4.56. The van der Waals surface area contributed by atoms with E-state index in [2.05, 4.69) is 17.2 Å². The topological polar surface area (TPSA) is 85.4 Å². The third-order valence-corrected chi connectivity index (χ3v) is 7.59. The number of amides is 3. The van der Waals surface area contributed by atoms with Crippen LogP contribution in [0.4, 0.5) is 5.69 Å². The fourth-order valence-electron chi connectivity index (χ4n) is 5.48.